The second kappa shape index (κ2) is 7.76. The van der Waals surface area contributed by atoms with Gasteiger partial charge in [0, 0.05) is 25.0 Å². The number of fused-ring (bicyclic) bond motifs is 1. The van der Waals surface area contributed by atoms with Crippen molar-refractivity contribution < 1.29 is 4.79 Å². The van der Waals surface area contributed by atoms with Gasteiger partial charge in [-0.05, 0) is 48.1 Å². The smallest absolute Gasteiger partial charge is 0.226 e. The molecule has 134 valence electrons. The van der Waals surface area contributed by atoms with Crippen molar-refractivity contribution >= 4 is 29.1 Å². The zero-order valence-electron chi connectivity index (χ0n) is 14.8. The first-order chi connectivity index (χ1) is 11.8. The van der Waals surface area contributed by atoms with Crippen LogP contribution in [0.2, 0.25) is 0 Å². The molecule has 1 heterocycles. The maximum atomic E-state index is 13.1. The number of rotatable bonds is 5. The summed E-state index contributed by atoms with van der Waals surface area (Å²) in [6, 6.07) is 15.4. The summed E-state index contributed by atoms with van der Waals surface area (Å²) < 4.78 is 0. The van der Waals surface area contributed by atoms with Gasteiger partial charge in [0.05, 0.1) is 0 Å². The van der Waals surface area contributed by atoms with E-state index in [4.69, 9.17) is 0 Å². The van der Waals surface area contributed by atoms with Gasteiger partial charge in [-0.3, -0.25) is 4.79 Å². The molecule has 2 aromatic rings. The minimum absolute atomic E-state index is 0. The van der Waals surface area contributed by atoms with Gasteiger partial charge in [0.15, 0.2) is 0 Å². The van der Waals surface area contributed by atoms with Crippen LogP contribution < -0.4 is 5.32 Å². The Bertz CT molecular complexity index is 736. The first-order valence-electron chi connectivity index (χ1n) is 9.28. The number of amides is 1. The minimum atomic E-state index is 0. The summed E-state index contributed by atoms with van der Waals surface area (Å²) in [5, 5.41) is 5.99. The van der Waals surface area contributed by atoms with Crippen LogP contribution in [0.25, 0.3) is 10.8 Å². The number of halogens is 1. The monoisotopic (exact) mass is 358 g/mol. The SMILES string of the molecule is CCCN(C(=O)C1CC1c1cccc2ccccc12)C1CCNC1.Cl. The zero-order chi connectivity index (χ0) is 16.5. The molecule has 2 fully saturated rings. The Labute approximate surface area is 156 Å². The fraction of sp³-hybridized carbons (Fsp3) is 0.476. The Morgan fingerprint density at radius 3 is 2.76 bits per heavy atom. The Morgan fingerprint density at radius 1 is 1.20 bits per heavy atom. The van der Waals surface area contributed by atoms with E-state index in [2.05, 4.69) is 59.6 Å². The summed E-state index contributed by atoms with van der Waals surface area (Å²) in [5.74, 6) is 0.962. The standard InChI is InChI=1S/C21H26N2O.ClH/c1-2-12-23(16-10-11-22-14-16)21(24)20-13-19(20)18-9-5-7-15-6-3-4-8-17(15)18;/h3-9,16,19-20,22H,2,10-14H2,1H3;1H. The van der Waals surface area contributed by atoms with Crippen molar-refractivity contribution in [3.05, 3.63) is 48.0 Å². The number of carbonyl (C=O) groups excluding carboxylic acids is 1. The lowest BCUT2D eigenvalue weighted by Gasteiger charge is -2.28. The van der Waals surface area contributed by atoms with E-state index >= 15 is 0 Å². The van der Waals surface area contributed by atoms with E-state index in [1.54, 1.807) is 0 Å². The third kappa shape index (κ3) is 3.54. The zero-order valence-corrected chi connectivity index (χ0v) is 15.6. The van der Waals surface area contributed by atoms with Crippen LogP contribution in [0.15, 0.2) is 42.5 Å². The van der Waals surface area contributed by atoms with Gasteiger partial charge in [-0.25, -0.2) is 0 Å². The summed E-state index contributed by atoms with van der Waals surface area (Å²) in [5.41, 5.74) is 1.35. The highest BCUT2D eigenvalue weighted by Gasteiger charge is 2.47. The van der Waals surface area contributed by atoms with Crippen molar-refractivity contribution in [3.63, 3.8) is 0 Å². The topological polar surface area (TPSA) is 32.3 Å². The van der Waals surface area contributed by atoms with Crippen molar-refractivity contribution in [1.82, 2.24) is 10.2 Å². The second-order valence-corrected chi connectivity index (χ2v) is 7.20. The molecule has 4 heteroatoms. The number of carbonyl (C=O) groups is 1. The lowest BCUT2D eigenvalue weighted by molar-refractivity contribution is -0.134. The quantitative estimate of drug-likeness (QED) is 0.877. The molecule has 1 aliphatic heterocycles. The molecule has 1 N–H and O–H groups in total. The predicted molar refractivity (Wildman–Crippen MR) is 105 cm³/mol. The average Bonchev–Trinajstić information content (AvgIpc) is 3.23. The van der Waals surface area contributed by atoms with Crippen LogP contribution in [-0.4, -0.2) is 36.5 Å². The fourth-order valence-corrected chi connectivity index (χ4v) is 4.22. The molecule has 4 rings (SSSR count). The first kappa shape index (κ1) is 18.2. The van der Waals surface area contributed by atoms with Gasteiger partial charge in [-0.1, -0.05) is 49.4 Å². The molecule has 3 atom stereocenters. The van der Waals surface area contributed by atoms with Crippen LogP contribution in [0.5, 0.6) is 0 Å². The van der Waals surface area contributed by atoms with E-state index < -0.39 is 0 Å². The molecular weight excluding hydrogens is 332 g/mol. The van der Waals surface area contributed by atoms with Gasteiger partial charge >= 0.3 is 0 Å². The molecule has 3 unspecified atom stereocenters. The van der Waals surface area contributed by atoms with Gasteiger partial charge < -0.3 is 10.2 Å². The van der Waals surface area contributed by atoms with E-state index in [0.29, 0.717) is 17.9 Å². The van der Waals surface area contributed by atoms with Crippen LogP contribution in [0.1, 0.15) is 37.7 Å². The molecule has 1 aliphatic carbocycles. The molecule has 1 amide bonds. The van der Waals surface area contributed by atoms with Crippen molar-refractivity contribution in [2.75, 3.05) is 19.6 Å². The Balaban J connectivity index is 0.00000182. The Hall–Kier alpha value is -1.58. The number of nitrogens with zero attached hydrogens (tertiary/aromatic N) is 1. The highest BCUT2D eigenvalue weighted by atomic mass is 35.5. The lowest BCUT2D eigenvalue weighted by Crippen LogP contribution is -2.43. The van der Waals surface area contributed by atoms with E-state index in [1.165, 1.54) is 16.3 Å². The fourth-order valence-electron chi connectivity index (χ4n) is 4.22. The first-order valence-corrected chi connectivity index (χ1v) is 9.28. The van der Waals surface area contributed by atoms with Crippen LogP contribution in [0.3, 0.4) is 0 Å². The van der Waals surface area contributed by atoms with Crippen LogP contribution >= 0.6 is 12.4 Å². The predicted octanol–water partition coefficient (Wildman–Crippen LogP) is 3.97. The average molecular weight is 359 g/mol. The molecule has 1 saturated carbocycles. The van der Waals surface area contributed by atoms with Crippen molar-refractivity contribution in [2.24, 2.45) is 5.92 Å². The third-order valence-corrected chi connectivity index (χ3v) is 5.55. The molecule has 0 spiro atoms. The Morgan fingerprint density at radius 2 is 2.00 bits per heavy atom. The number of nitrogens with one attached hydrogen (secondary N) is 1. The molecule has 1 saturated heterocycles. The van der Waals surface area contributed by atoms with Gasteiger partial charge in [0.1, 0.15) is 0 Å². The van der Waals surface area contributed by atoms with E-state index in [-0.39, 0.29) is 18.3 Å². The third-order valence-electron chi connectivity index (χ3n) is 5.55. The second-order valence-electron chi connectivity index (χ2n) is 7.20. The molecular formula is C21H27ClN2O. The van der Waals surface area contributed by atoms with Gasteiger partial charge in [0.2, 0.25) is 5.91 Å². The minimum Gasteiger partial charge on any atom is -0.338 e. The molecule has 25 heavy (non-hydrogen) atoms. The van der Waals surface area contributed by atoms with Gasteiger partial charge in [-0.2, -0.15) is 0 Å². The van der Waals surface area contributed by atoms with Crippen LogP contribution in [0, 0.1) is 5.92 Å². The highest BCUT2D eigenvalue weighted by molar-refractivity contribution is 5.89. The molecule has 0 bridgehead atoms. The highest BCUT2D eigenvalue weighted by Crippen LogP contribution is 2.50. The summed E-state index contributed by atoms with van der Waals surface area (Å²) in [6.07, 6.45) is 3.14. The molecule has 0 radical (unpaired) electrons. The molecule has 2 aromatic carbocycles. The molecule has 3 nitrogen and oxygen atoms in total. The van der Waals surface area contributed by atoms with E-state index in [1.807, 2.05) is 0 Å². The van der Waals surface area contributed by atoms with Crippen LogP contribution in [-0.2, 0) is 4.79 Å². The number of hydrogen-bond donors (Lipinski definition) is 1. The molecule has 0 aromatic heterocycles. The van der Waals surface area contributed by atoms with Crippen molar-refractivity contribution in [2.45, 2.75) is 38.1 Å². The van der Waals surface area contributed by atoms with Crippen molar-refractivity contribution in [1.29, 1.82) is 0 Å². The maximum Gasteiger partial charge on any atom is 0.226 e. The number of benzene rings is 2. The van der Waals surface area contributed by atoms with Crippen LogP contribution in [0.4, 0.5) is 0 Å². The van der Waals surface area contributed by atoms with E-state index in [0.717, 1.165) is 38.9 Å². The Kier molecular flexibility index (Phi) is 5.65. The van der Waals surface area contributed by atoms with E-state index in [9.17, 15) is 4.79 Å². The van der Waals surface area contributed by atoms with Gasteiger partial charge in [-0.15, -0.1) is 12.4 Å². The summed E-state index contributed by atoms with van der Waals surface area (Å²) >= 11 is 0. The number of hydrogen-bond acceptors (Lipinski definition) is 2. The summed E-state index contributed by atoms with van der Waals surface area (Å²) in [4.78, 5) is 15.3. The largest absolute Gasteiger partial charge is 0.338 e. The van der Waals surface area contributed by atoms with Gasteiger partial charge in [0.25, 0.3) is 0 Å². The lowest BCUT2D eigenvalue weighted by atomic mass is 10.00. The van der Waals surface area contributed by atoms with Crippen molar-refractivity contribution in [3.8, 4) is 0 Å². The maximum absolute atomic E-state index is 13.1. The summed E-state index contributed by atoms with van der Waals surface area (Å²) in [6.45, 7) is 5.05. The normalized spacial score (nSPS) is 24.8. The molecule has 2 aliphatic rings. The summed E-state index contributed by atoms with van der Waals surface area (Å²) in [7, 11) is 0.